The van der Waals surface area contributed by atoms with E-state index in [1.54, 1.807) is 26.0 Å². The van der Waals surface area contributed by atoms with Crippen molar-refractivity contribution in [3.63, 3.8) is 0 Å². The number of hydrogen-bond acceptors (Lipinski definition) is 8. The predicted molar refractivity (Wildman–Crippen MR) is 180 cm³/mol. The van der Waals surface area contributed by atoms with Gasteiger partial charge in [-0.3, -0.25) is 4.79 Å². The molecule has 2 amide bonds. The lowest BCUT2D eigenvalue weighted by Crippen LogP contribution is -2.54. The van der Waals surface area contributed by atoms with Gasteiger partial charge in [0.15, 0.2) is 0 Å². The molecular formula is C36H47N3O7S. The highest BCUT2D eigenvalue weighted by molar-refractivity contribution is 7.89. The molecule has 3 aromatic carbocycles. The van der Waals surface area contributed by atoms with Crippen LogP contribution in [0.4, 0.5) is 4.79 Å². The Hall–Kier alpha value is -3.61. The fourth-order valence-corrected chi connectivity index (χ4v) is 8.26. The number of amides is 2. The summed E-state index contributed by atoms with van der Waals surface area (Å²) < 4.78 is 33.9. The smallest absolute Gasteiger partial charge is 0.416 e. The SMILES string of the molecule is COC(=O)N(C(=O)[C@@H](N)C(c1ccccc1)c1ccccc1)[C@H](CCC[C@@H](CO)N(C(C)C)S(=O)(=O)c1ccc(CO)cc1)C1CC1. The number of methoxy groups -OCH3 is 1. The van der Waals surface area contributed by atoms with E-state index in [2.05, 4.69) is 0 Å². The van der Waals surface area contributed by atoms with Crippen LogP contribution >= 0.6 is 0 Å². The topological polar surface area (TPSA) is 150 Å². The van der Waals surface area contributed by atoms with Crippen LogP contribution in [0.5, 0.6) is 0 Å². The molecule has 3 atom stereocenters. The number of nitrogens with two attached hydrogens (primary N) is 1. The maximum Gasteiger partial charge on any atom is 0.416 e. The van der Waals surface area contributed by atoms with Crippen LogP contribution in [-0.4, -0.2) is 77.7 Å². The van der Waals surface area contributed by atoms with Crippen molar-refractivity contribution in [1.82, 2.24) is 9.21 Å². The van der Waals surface area contributed by atoms with Crippen LogP contribution in [0.15, 0.2) is 89.8 Å². The number of ether oxygens (including phenoxy) is 1. The summed E-state index contributed by atoms with van der Waals surface area (Å²) in [5, 5.41) is 19.8. The lowest BCUT2D eigenvalue weighted by atomic mass is 9.84. The largest absolute Gasteiger partial charge is 0.452 e. The van der Waals surface area contributed by atoms with Gasteiger partial charge in [0, 0.05) is 24.0 Å². The minimum absolute atomic E-state index is 0.0692. The van der Waals surface area contributed by atoms with Crippen LogP contribution in [-0.2, 0) is 26.2 Å². The number of sulfonamides is 1. The number of carbonyl (C=O) groups is 2. The van der Waals surface area contributed by atoms with Gasteiger partial charge in [0.25, 0.3) is 0 Å². The summed E-state index contributed by atoms with van der Waals surface area (Å²) in [6, 6.07) is 22.2. The normalized spacial score (nSPS) is 15.4. The fourth-order valence-electron chi connectivity index (χ4n) is 6.42. The molecule has 3 aromatic rings. The van der Waals surface area contributed by atoms with Gasteiger partial charge in [-0.25, -0.2) is 18.1 Å². The highest BCUT2D eigenvalue weighted by Crippen LogP contribution is 2.39. The Kier molecular flexibility index (Phi) is 12.7. The van der Waals surface area contributed by atoms with Gasteiger partial charge in [0.05, 0.1) is 31.3 Å². The molecule has 4 rings (SSSR count). The number of hydrogen-bond donors (Lipinski definition) is 3. The van der Waals surface area contributed by atoms with E-state index in [4.69, 9.17) is 10.5 Å². The third-order valence-electron chi connectivity index (χ3n) is 8.87. The minimum Gasteiger partial charge on any atom is -0.452 e. The molecule has 0 radical (unpaired) electrons. The highest BCUT2D eigenvalue weighted by atomic mass is 32.2. The van der Waals surface area contributed by atoms with Crippen LogP contribution in [0.1, 0.15) is 68.6 Å². The van der Waals surface area contributed by atoms with Gasteiger partial charge in [-0.1, -0.05) is 72.8 Å². The first kappa shape index (κ1) is 36.2. The minimum atomic E-state index is -3.98. The Morgan fingerprint density at radius 2 is 1.45 bits per heavy atom. The first-order valence-corrected chi connectivity index (χ1v) is 17.6. The van der Waals surface area contributed by atoms with Crippen molar-refractivity contribution >= 4 is 22.0 Å². The summed E-state index contributed by atoms with van der Waals surface area (Å²) in [5.74, 6) is -0.977. The Morgan fingerprint density at radius 3 is 1.89 bits per heavy atom. The van der Waals surface area contributed by atoms with Crippen molar-refractivity contribution in [1.29, 1.82) is 0 Å². The molecule has 0 aromatic heterocycles. The first-order valence-electron chi connectivity index (χ1n) is 16.2. The van der Waals surface area contributed by atoms with Gasteiger partial charge < -0.3 is 20.7 Å². The van der Waals surface area contributed by atoms with Crippen molar-refractivity contribution in [3.05, 3.63) is 102 Å². The zero-order valence-electron chi connectivity index (χ0n) is 27.3. The zero-order valence-corrected chi connectivity index (χ0v) is 28.1. The summed E-state index contributed by atoms with van der Waals surface area (Å²) in [6.07, 6.45) is 2.03. The molecule has 0 unspecified atom stereocenters. The van der Waals surface area contributed by atoms with Gasteiger partial charge in [-0.2, -0.15) is 4.31 Å². The average molecular weight is 666 g/mol. The van der Waals surface area contributed by atoms with Crippen LogP contribution in [0.2, 0.25) is 0 Å². The molecule has 10 nitrogen and oxygen atoms in total. The van der Waals surface area contributed by atoms with E-state index in [0.717, 1.165) is 24.0 Å². The lowest BCUT2D eigenvalue weighted by Gasteiger charge is -2.35. The molecule has 0 bridgehead atoms. The Labute approximate surface area is 278 Å². The summed E-state index contributed by atoms with van der Waals surface area (Å²) >= 11 is 0. The third-order valence-corrected chi connectivity index (χ3v) is 11.0. The number of benzene rings is 3. The molecule has 1 aliphatic rings. The van der Waals surface area contributed by atoms with Gasteiger partial charge in [0.1, 0.15) is 0 Å². The van der Waals surface area contributed by atoms with Crippen molar-refractivity contribution in [2.75, 3.05) is 13.7 Å². The predicted octanol–water partition coefficient (Wildman–Crippen LogP) is 4.64. The molecule has 1 fully saturated rings. The van der Waals surface area contributed by atoms with Crippen molar-refractivity contribution in [2.24, 2.45) is 11.7 Å². The maximum atomic E-state index is 14.2. The average Bonchev–Trinajstić information content (AvgIpc) is 3.93. The number of rotatable bonds is 16. The summed E-state index contributed by atoms with van der Waals surface area (Å²) in [5.41, 5.74) is 9.03. The van der Waals surface area contributed by atoms with E-state index in [-0.39, 0.29) is 17.4 Å². The Morgan fingerprint density at radius 1 is 0.894 bits per heavy atom. The molecule has 11 heteroatoms. The van der Waals surface area contributed by atoms with Crippen LogP contribution in [0.25, 0.3) is 0 Å². The number of imide groups is 1. The van der Waals surface area contributed by atoms with E-state index in [1.165, 1.54) is 28.4 Å². The standard InChI is InChI=1S/C36H47N3O7S/c1-25(2)39(47(44,45)31-21-17-26(23-40)18-22-31)30(24-41)15-10-16-32(27-19-20-27)38(36(43)46-3)35(42)34(37)33(28-11-6-4-7-12-28)29-13-8-5-9-14-29/h4-9,11-14,17-18,21-22,25,27,30,32-34,40-41H,10,15-16,19-20,23-24,37H2,1-3H3/t30-,32+,34-/m0/s1. The maximum absolute atomic E-state index is 14.2. The molecule has 0 heterocycles. The Balaban J connectivity index is 1.56. The monoisotopic (exact) mass is 665 g/mol. The van der Waals surface area contributed by atoms with Crippen LogP contribution < -0.4 is 5.73 Å². The van der Waals surface area contributed by atoms with E-state index >= 15 is 0 Å². The molecule has 1 aliphatic carbocycles. The van der Waals surface area contributed by atoms with Crippen molar-refractivity contribution in [3.8, 4) is 0 Å². The summed E-state index contributed by atoms with van der Waals surface area (Å²) in [4.78, 5) is 28.8. The third kappa shape index (κ3) is 8.65. The second kappa shape index (κ2) is 16.5. The van der Waals surface area contributed by atoms with E-state index in [0.29, 0.717) is 24.8 Å². The highest BCUT2D eigenvalue weighted by Gasteiger charge is 2.44. The number of carbonyl (C=O) groups excluding carboxylic acids is 2. The molecule has 0 spiro atoms. The zero-order chi connectivity index (χ0) is 34.1. The summed E-state index contributed by atoms with van der Waals surface area (Å²) in [6.45, 7) is 2.90. The summed E-state index contributed by atoms with van der Waals surface area (Å²) in [7, 11) is -2.74. The van der Waals surface area contributed by atoms with Crippen LogP contribution in [0, 0.1) is 5.92 Å². The number of nitrogens with zero attached hydrogens (tertiary/aromatic N) is 2. The molecule has 0 saturated heterocycles. The van der Waals surface area contributed by atoms with Gasteiger partial charge in [-0.15, -0.1) is 0 Å². The first-order chi connectivity index (χ1) is 22.5. The molecular weight excluding hydrogens is 618 g/mol. The number of aliphatic hydroxyl groups excluding tert-OH is 2. The second-order valence-electron chi connectivity index (χ2n) is 12.4. The van der Waals surface area contributed by atoms with Crippen molar-refractivity contribution < 1.29 is 33.0 Å². The van der Waals surface area contributed by atoms with E-state index in [1.807, 2.05) is 60.7 Å². The Bertz CT molecular complexity index is 1510. The lowest BCUT2D eigenvalue weighted by molar-refractivity contribution is -0.133. The van der Waals surface area contributed by atoms with E-state index in [9.17, 15) is 28.2 Å². The van der Waals surface area contributed by atoms with Crippen molar-refractivity contribution in [2.45, 2.75) is 87.5 Å². The fraction of sp³-hybridized carbons (Fsp3) is 0.444. The molecule has 4 N–H and O–H groups in total. The van der Waals surface area contributed by atoms with Crippen LogP contribution in [0.3, 0.4) is 0 Å². The van der Waals surface area contributed by atoms with Gasteiger partial charge in [-0.05, 0) is 80.7 Å². The second-order valence-corrected chi connectivity index (χ2v) is 14.2. The quantitative estimate of drug-likeness (QED) is 0.200. The molecule has 47 heavy (non-hydrogen) atoms. The molecule has 0 aliphatic heterocycles. The number of aliphatic hydroxyl groups is 2. The van der Waals surface area contributed by atoms with E-state index < -0.39 is 58.7 Å². The molecule has 254 valence electrons. The van der Waals surface area contributed by atoms with Gasteiger partial charge >= 0.3 is 6.09 Å². The molecule has 1 saturated carbocycles. The van der Waals surface area contributed by atoms with Gasteiger partial charge in [0.2, 0.25) is 15.9 Å².